The van der Waals surface area contributed by atoms with Crippen LogP contribution in [0.1, 0.15) is 25.6 Å². The third-order valence-corrected chi connectivity index (χ3v) is 2.62. The summed E-state index contributed by atoms with van der Waals surface area (Å²) in [6.07, 6.45) is 0. The highest BCUT2D eigenvalue weighted by atomic mass is 16.5. The quantitative estimate of drug-likeness (QED) is 0.782. The Hall–Kier alpha value is -0.940. The molecule has 86 valence electrons. The molecule has 0 fully saturated rings. The van der Waals surface area contributed by atoms with Gasteiger partial charge in [-0.15, -0.1) is 0 Å². The summed E-state index contributed by atoms with van der Waals surface area (Å²) in [6, 6.07) is 0. The average Bonchev–Trinajstić information content (AvgIpc) is 2.51. The number of likely N-dealkylation sites (N-methyl/N-ethyl adjacent to an activating group) is 1. The second-order valence-corrected chi connectivity index (χ2v) is 4.54. The summed E-state index contributed by atoms with van der Waals surface area (Å²) < 4.78 is 4.88. The number of aromatic nitrogens is 2. The summed E-state index contributed by atoms with van der Waals surface area (Å²) in [4.78, 5) is 6.30. The molecule has 0 aliphatic heterocycles. The van der Waals surface area contributed by atoms with E-state index in [0.717, 1.165) is 6.54 Å². The van der Waals surface area contributed by atoms with Crippen molar-refractivity contribution < 1.29 is 4.52 Å². The maximum absolute atomic E-state index is 4.88. The van der Waals surface area contributed by atoms with Crippen LogP contribution in [-0.2, 0) is 6.54 Å². The van der Waals surface area contributed by atoms with Gasteiger partial charge in [0.05, 0.1) is 6.54 Å². The molecule has 1 aromatic rings. The monoisotopic (exact) mass is 212 g/mol. The van der Waals surface area contributed by atoms with E-state index in [-0.39, 0.29) is 5.54 Å². The molecule has 1 rings (SSSR count). The SMILES string of the molecule is Cc1nc(CNCC(C)(C)N(C)C)no1. The highest BCUT2D eigenvalue weighted by molar-refractivity contribution is 4.85. The van der Waals surface area contributed by atoms with E-state index in [1.165, 1.54) is 0 Å². The first-order valence-corrected chi connectivity index (χ1v) is 5.09. The zero-order valence-corrected chi connectivity index (χ0v) is 10.2. The Morgan fingerprint density at radius 3 is 2.53 bits per heavy atom. The van der Waals surface area contributed by atoms with E-state index in [0.29, 0.717) is 18.3 Å². The number of rotatable bonds is 5. The molecule has 0 bridgehead atoms. The van der Waals surface area contributed by atoms with Crippen molar-refractivity contribution in [3.05, 3.63) is 11.7 Å². The van der Waals surface area contributed by atoms with E-state index in [9.17, 15) is 0 Å². The minimum absolute atomic E-state index is 0.124. The molecular weight excluding hydrogens is 192 g/mol. The van der Waals surface area contributed by atoms with E-state index in [1.807, 2.05) is 0 Å². The van der Waals surface area contributed by atoms with Crippen molar-refractivity contribution in [2.45, 2.75) is 32.9 Å². The topological polar surface area (TPSA) is 54.2 Å². The van der Waals surface area contributed by atoms with E-state index in [4.69, 9.17) is 4.52 Å². The van der Waals surface area contributed by atoms with Crippen LogP contribution in [0.2, 0.25) is 0 Å². The number of aryl methyl sites for hydroxylation is 1. The van der Waals surface area contributed by atoms with Crippen molar-refractivity contribution >= 4 is 0 Å². The Kier molecular flexibility index (Phi) is 3.82. The fourth-order valence-corrected chi connectivity index (χ4v) is 1.05. The average molecular weight is 212 g/mol. The minimum Gasteiger partial charge on any atom is -0.340 e. The van der Waals surface area contributed by atoms with Crippen LogP contribution in [0.4, 0.5) is 0 Å². The van der Waals surface area contributed by atoms with Crippen LogP contribution in [0.15, 0.2) is 4.52 Å². The van der Waals surface area contributed by atoms with Gasteiger partial charge in [-0.1, -0.05) is 5.16 Å². The third-order valence-electron chi connectivity index (χ3n) is 2.62. The van der Waals surface area contributed by atoms with Gasteiger partial charge in [-0.3, -0.25) is 0 Å². The molecule has 5 heteroatoms. The van der Waals surface area contributed by atoms with Gasteiger partial charge >= 0.3 is 0 Å². The summed E-state index contributed by atoms with van der Waals surface area (Å²) in [5, 5.41) is 7.13. The molecule has 1 heterocycles. The molecule has 15 heavy (non-hydrogen) atoms. The first kappa shape index (κ1) is 12.1. The molecular formula is C10H20N4O. The van der Waals surface area contributed by atoms with Crippen LogP contribution in [0.25, 0.3) is 0 Å². The summed E-state index contributed by atoms with van der Waals surface area (Å²) in [6.45, 7) is 7.69. The van der Waals surface area contributed by atoms with Crippen LogP contribution in [0.5, 0.6) is 0 Å². The molecule has 0 saturated carbocycles. The summed E-state index contributed by atoms with van der Waals surface area (Å²) in [5.74, 6) is 1.32. The van der Waals surface area contributed by atoms with Gasteiger partial charge < -0.3 is 14.7 Å². The van der Waals surface area contributed by atoms with Crippen molar-refractivity contribution in [3.63, 3.8) is 0 Å². The van der Waals surface area contributed by atoms with Crippen LogP contribution >= 0.6 is 0 Å². The molecule has 0 aromatic carbocycles. The smallest absolute Gasteiger partial charge is 0.223 e. The Balaban J connectivity index is 2.33. The highest BCUT2D eigenvalue weighted by Gasteiger charge is 2.19. The third kappa shape index (κ3) is 3.60. The number of nitrogens with zero attached hydrogens (tertiary/aromatic N) is 3. The standard InChI is InChI=1S/C10H20N4O/c1-8-12-9(13-15-8)6-11-7-10(2,3)14(4)5/h11H,6-7H2,1-5H3. The molecule has 0 atom stereocenters. The molecule has 1 aromatic heterocycles. The zero-order chi connectivity index (χ0) is 11.5. The van der Waals surface area contributed by atoms with Crippen molar-refractivity contribution in [1.29, 1.82) is 0 Å². The number of nitrogens with one attached hydrogen (secondary N) is 1. The van der Waals surface area contributed by atoms with Gasteiger partial charge in [-0.05, 0) is 27.9 Å². The predicted octanol–water partition coefficient (Wildman–Crippen LogP) is 0.808. The lowest BCUT2D eigenvalue weighted by Crippen LogP contribution is -2.46. The fraction of sp³-hybridized carbons (Fsp3) is 0.800. The van der Waals surface area contributed by atoms with Gasteiger partial charge in [0.15, 0.2) is 5.82 Å². The van der Waals surface area contributed by atoms with Gasteiger partial charge in [0.1, 0.15) is 0 Å². The lowest BCUT2D eigenvalue weighted by atomic mass is 10.0. The molecule has 0 aliphatic rings. The lowest BCUT2D eigenvalue weighted by molar-refractivity contribution is 0.189. The summed E-state index contributed by atoms with van der Waals surface area (Å²) in [7, 11) is 4.14. The number of hydrogen-bond donors (Lipinski definition) is 1. The molecule has 0 amide bonds. The van der Waals surface area contributed by atoms with E-state index in [2.05, 4.69) is 48.3 Å². The van der Waals surface area contributed by atoms with Crippen LogP contribution in [-0.4, -0.2) is 41.2 Å². The molecule has 0 aliphatic carbocycles. The first-order chi connectivity index (χ1) is 6.92. The minimum atomic E-state index is 0.124. The molecule has 0 spiro atoms. The molecule has 0 radical (unpaired) electrons. The zero-order valence-electron chi connectivity index (χ0n) is 10.2. The second-order valence-electron chi connectivity index (χ2n) is 4.54. The maximum Gasteiger partial charge on any atom is 0.223 e. The van der Waals surface area contributed by atoms with Crippen molar-refractivity contribution in [3.8, 4) is 0 Å². The van der Waals surface area contributed by atoms with Gasteiger partial charge in [0.2, 0.25) is 5.89 Å². The number of hydrogen-bond acceptors (Lipinski definition) is 5. The van der Waals surface area contributed by atoms with Gasteiger partial charge in [-0.25, -0.2) is 0 Å². The molecule has 1 N–H and O–H groups in total. The largest absolute Gasteiger partial charge is 0.340 e. The Morgan fingerprint density at radius 2 is 2.07 bits per heavy atom. The van der Waals surface area contributed by atoms with Crippen LogP contribution in [0, 0.1) is 6.92 Å². The summed E-state index contributed by atoms with van der Waals surface area (Å²) in [5.41, 5.74) is 0.124. The lowest BCUT2D eigenvalue weighted by Gasteiger charge is -2.32. The van der Waals surface area contributed by atoms with E-state index in [1.54, 1.807) is 6.92 Å². The van der Waals surface area contributed by atoms with Crippen molar-refractivity contribution in [2.24, 2.45) is 0 Å². The normalized spacial score (nSPS) is 12.4. The van der Waals surface area contributed by atoms with Crippen molar-refractivity contribution in [1.82, 2.24) is 20.4 Å². The molecule has 0 saturated heterocycles. The molecule has 0 unspecified atom stereocenters. The fourth-order valence-electron chi connectivity index (χ4n) is 1.05. The van der Waals surface area contributed by atoms with Gasteiger partial charge in [0, 0.05) is 19.0 Å². The van der Waals surface area contributed by atoms with Crippen LogP contribution < -0.4 is 5.32 Å². The van der Waals surface area contributed by atoms with E-state index >= 15 is 0 Å². The first-order valence-electron chi connectivity index (χ1n) is 5.09. The van der Waals surface area contributed by atoms with E-state index < -0.39 is 0 Å². The Morgan fingerprint density at radius 1 is 1.40 bits per heavy atom. The predicted molar refractivity (Wildman–Crippen MR) is 58.5 cm³/mol. The van der Waals surface area contributed by atoms with Crippen LogP contribution in [0.3, 0.4) is 0 Å². The maximum atomic E-state index is 4.88. The Bertz CT molecular complexity index is 306. The highest BCUT2D eigenvalue weighted by Crippen LogP contribution is 2.07. The van der Waals surface area contributed by atoms with Gasteiger partial charge in [0.25, 0.3) is 0 Å². The molecule has 5 nitrogen and oxygen atoms in total. The Labute approximate surface area is 90.8 Å². The van der Waals surface area contributed by atoms with Gasteiger partial charge in [-0.2, -0.15) is 4.98 Å². The summed E-state index contributed by atoms with van der Waals surface area (Å²) >= 11 is 0. The second kappa shape index (κ2) is 4.72. The van der Waals surface area contributed by atoms with Crippen molar-refractivity contribution in [2.75, 3.05) is 20.6 Å².